The first-order chi connectivity index (χ1) is 20.2. The molecule has 0 atom stereocenters. The van der Waals surface area contributed by atoms with Crippen molar-refractivity contribution in [3.8, 4) is 22.3 Å². The van der Waals surface area contributed by atoms with Crippen LogP contribution in [-0.4, -0.2) is 0 Å². The number of hydrogen-bond acceptors (Lipinski definition) is 0. The fraction of sp³-hybridized carbons (Fsp3) is 0.478. The zero-order chi connectivity index (χ0) is 33.9. The van der Waals surface area contributed by atoms with E-state index in [-0.39, 0.29) is 14.9 Å². The van der Waals surface area contributed by atoms with Crippen molar-refractivity contribution < 1.29 is 0 Å². The second-order valence-electron chi connectivity index (χ2n) is 14.0. The predicted molar refractivity (Wildman–Crippen MR) is 212 cm³/mol. The van der Waals surface area contributed by atoms with E-state index in [1.807, 2.05) is 0 Å². The average molecular weight is 621 g/mol. The maximum absolute atomic E-state index is 2.29. The first-order valence-electron chi connectivity index (χ1n) is 16.5. The van der Waals surface area contributed by atoms with Gasteiger partial charge in [-0.15, -0.1) is 0 Å². The Morgan fingerprint density at radius 1 is 0.130 bits per heavy atom. The third kappa shape index (κ3) is 6.39. The number of hydrogen-bond donors (Lipinski definition) is 0. The van der Waals surface area contributed by atoms with E-state index >= 15 is 0 Å². The quantitative estimate of drug-likeness (QED) is 0.209. The molecule has 4 aromatic rings. The summed E-state index contributed by atoms with van der Waals surface area (Å²) in [6, 6.07) is 0. The van der Waals surface area contributed by atoms with Gasteiger partial charge in [0, 0.05) is 0 Å². The van der Waals surface area contributed by atoms with Gasteiger partial charge in [-0.2, -0.15) is 0 Å². The van der Waals surface area contributed by atoms with Crippen LogP contribution in [0.1, 0.15) is 126 Å². The van der Waals surface area contributed by atoms with Crippen LogP contribution in [0.15, 0.2) is 0 Å². The predicted octanol–water partition coefficient (Wildman–Crippen LogP) is 14.1. The molecule has 46 heavy (non-hydrogen) atoms. The van der Waals surface area contributed by atoms with Crippen LogP contribution in [0.25, 0.3) is 22.3 Å². The minimum absolute atomic E-state index is 0. The lowest BCUT2D eigenvalue weighted by molar-refractivity contribution is 1.14. The van der Waals surface area contributed by atoms with E-state index in [1.54, 1.807) is 0 Å². The molecular formula is C46H68. The fourth-order valence-electron chi connectivity index (χ4n) is 7.50. The Hall–Kier alpha value is -3.12. The molecular weight excluding hydrogens is 553 g/mol. The maximum atomic E-state index is 2.29. The molecule has 0 radical (unpaired) electrons. The highest BCUT2D eigenvalue weighted by molar-refractivity contribution is 5.82. The summed E-state index contributed by atoms with van der Waals surface area (Å²) in [5.41, 5.74) is 34.6. The summed E-state index contributed by atoms with van der Waals surface area (Å²) in [6.45, 7) is 45.4. The SMILES string of the molecule is C.C.Cc1c(C)c(C)c(-c2c(C)c(C)c(C)c(C)c2C)c(C)c1C.Cc1c(C)c(C)c(-c2c(C)c(C)c(C)c(C)c2C)c(C)c1C. The molecule has 0 saturated carbocycles. The van der Waals surface area contributed by atoms with Crippen molar-refractivity contribution in [2.45, 2.75) is 153 Å². The normalized spacial score (nSPS) is 10.7. The third-order valence-corrected chi connectivity index (χ3v) is 12.5. The summed E-state index contributed by atoms with van der Waals surface area (Å²) in [5.74, 6) is 0. The molecule has 0 saturated heterocycles. The molecule has 0 heteroatoms. The Morgan fingerprint density at radius 3 is 0.283 bits per heavy atom. The van der Waals surface area contributed by atoms with E-state index in [0.29, 0.717) is 0 Å². The number of rotatable bonds is 2. The first-order valence-corrected chi connectivity index (χ1v) is 16.5. The van der Waals surface area contributed by atoms with E-state index in [1.165, 1.54) is 134 Å². The van der Waals surface area contributed by atoms with Gasteiger partial charge >= 0.3 is 0 Å². The van der Waals surface area contributed by atoms with Crippen LogP contribution in [0, 0.1) is 138 Å². The molecule has 4 rings (SSSR count). The van der Waals surface area contributed by atoms with E-state index in [2.05, 4.69) is 138 Å². The van der Waals surface area contributed by atoms with Crippen LogP contribution in [0.4, 0.5) is 0 Å². The van der Waals surface area contributed by atoms with Gasteiger partial charge in [0.15, 0.2) is 0 Å². The molecule has 0 N–H and O–H groups in total. The molecule has 0 fully saturated rings. The highest BCUT2D eigenvalue weighted by atomic mass is 14.3. The zero-order valence-corrected chi connectivity index (χ0v) is 32.0. The van der Waals surface area contributed by atoms with Gasteiger partial charge in [-0.25, -0.2) is 0 Å². The minimum atomic E-state index is 0. The van der Waals surface area contributed by atoms with E-state index in [4.69, 9.17) is 0 Å². The van der Waals surface area contributed by atoms with Gasteiger partial charge in [0.2, 0.25) is 0 Å². The van der Waals surface area contributed by atoms with Crippen molar-refractivity contribution >= 4 is 0 Å². The zero-order valence-electron chi connectivity index (χ0n) is 32.0. The maximum Gasteiger partial charge on any atom is -0.0114 e. The topological polar surface area (TPSA) is 0 Å². The van der Waals surface area contributed by atoms with Crippen LogP contribution >= 0.6 is 0 Å². The second kappa shape index (κ2) is 14.8. The number of benzene rings is 4. The largest absolute Gasteiger partial charge is 0.0776 e. The summed E-state index contributed by atoms with van der Waals surface area (Å²) in [4.78, 5) is 0. The Labute approximate surface area is 286 Å². The van der Waals surface area contributed by atoms with Gasteiger partial charge in [-0.3, -0.25) is 0 Å². The summed E-state index contributed by atoms with van der Waals surface area (Å²) in [7, 11) is 0. The van der Waals surface area contributed by atoms with Gasteiger partial charge in [0.1, 0.15) is 0 Å². The van der Waals surface area contributed by atoms with Crippen molar-refractivity contribution in [2.75, 3.05) is 0 Å². The van der Waals surface area contributed by atoms with Crippen molar-refractivity contribution in [3.05, 3.63) is 111 Å². The third-order valence-electron chi connectivity index (χ3n) is 12.5. The van der Waals surface area contributed by atoms with E-state index < -0.39 is 0 Å². The van der Waals surface area contributed by atoms with Crippen molar-refractivity contribution in [1.82, 2.24) is 0 Å². The van der Waals surface area contributed by atoms with E-state index in [0.717, 1.165) is 0 Å². The second-order valence-corrected chi connectivity index (χ2v) is 14.0. The molecule has 0 bridgehead atoms. The van der Waals surface area contributed by atoms with Crippen LogP contribution < -0.4 is 0 Å². The first kappa shape index (κ1) is 40.9. The molecule has 0 unspecified atom stereocenters. The van der Waals surface area contributed by atoms with E-state index in [9.17, 15) is 0 Å². The van der Waals surface area contributed by atoms with Crippen LogP contribution in [0.2, 0.25) is 0 Å². The minimum Gasteiger partial charge on any atom is -0.0776 e. The molecule has 0 amide bonds. The average Bonchev–Trinajstić information content (AvgIpc) is 3.00. The Morgan fingerprint density at radius 2 is 0.196 bits per heavy atom. The molecule has 0 heterocycles. The molecule has 0 nitrogen and oxygen atoms in total. The Kier molecular flexibility index (Phi) is 13.1. The van der Waals surface area contributed by atoms with Crippen LogP contribution in [0.3, 0.4) is 0 Å². The van der Waals surface area contributed by atoms with Gasteiger partial charge in [-0.1, -0.05) is 14.9 Å². The summed E-state index contributed by atoms with van der Waals surface area (Å²) in [5, 5.41) is 0. The van der Waals surface area contributed by atoms with Gasteiger partial charge in [-0.05, 0) is 272 Å². The highest BCUT2D eigenvalue weighted by Crippen LogP contribution is 2.42. The van der Waals surface area contributed by atoms with Crippen LogP contribution in [0.5, 0.6) is 0 Å². The molecule has 0 aliphatic heterocycles. The highest BCUT2D eigenvalue weighted by Gasteiger charge is 2.21. The van der Waals surface area contributed by atoms with Crippen molar-refractivity contribution in [1.29, 1.82) is 0 Å². The van der Waals surface area contributed by atoms with Crippen molar-refractivity contribution in [2.24, 2.45) is 0 Å². The standard InChI is InChI=1S/2C22H30.2CH4/c2*1-11-13(3)17(7)21(18(8)14(11)4)22-19(9)15(5)12(2)16(6)20(22)10;;/h2*1-10H3;2*1H4. The van der Waals surface area contributed by atoms with Gasteiger partial charge in [0.25, 0.3) is 0 Å². The molecule has 252 valence electrons. The molecule has 4 aromatic carbocycles. The smallest absolute Gasteiger partial charge is 0.0114 e. The van der Waals surface area contributed by atoms with Gasteiger partial charge in [0.05, 0.1) is 0 Å². The van der Waals surface area contributed by atoms with Gasteiger partial charge < -0.3 is 0 Å². The lowest BCUT2D eigenvalue weighted by Crippen LogP contribution is -2.05. The monoisotopic (exact) mass is 621 g/mol. The van der Waals surface area contributed by atoms with Crippen LogP contribution in [-0.2, 0) is 0 Å². The summed E-state index contributed by atoms with van der Waals surface area (Å²) < 4.78 is 0. The fourth-order valence-corrected chi connectivity index (χ4v) is 7.50. The lowest BCUT2D eigenvalue weighted by atomic mass is 9.80. The molecule has 0 aromatic heterocycles. The Bertz CT molecular complexity index is 1430. The Balaban J connectivity index is 0.000000441. The summed E-state index contributed by atoms with van der Waals surface area (Å²) >= 11 is 0. The summed E-state index contributed by atoms with van der Waals surface area (Å²) in [6.07, 6.45) is 0. The lowest BCUT2D eigenvalue weighted by Gasteiger charge is -2.25. The molecule has 0 spiro atoms. The molecule has 0 aliphatic carbocycles. The van der Waals surface area contributed by atoms with Crippen molar-refractivity contribution in [3.63, 3.8) is 0 Å². The molecule has 0 aliphatic rings.